The SMILES string of the molecule is NCc1c(C(=O)O)nnn1Cc1ccc(Br)cc1[N+](=O)[O-]. The number of carbonyl (C=O) groups is 1. The third-order valence-corrected chi connectivity index (χ3v) is 3.29. The molecule has 1 heterocycles. The molecule has 3 N–H and O–H groups in total. The summed E-state index contributed by atoms with van der Waals surface area (Å²) in [5.74, 6) is -1.24. The van der Waals surface area contributed by atoms with Crippen LogP contribution in [0.15, 0.2) is 22.7 Å². The van der Waals surface area contributed by atoms with E-state index in [0.29, 0.717) is 10.0 Å². The number of carboxylic acids is 1. The third-order valence-electron chi connectivity index (χ3n) is 2.80. The number of benzene rings is 1. The second-order valence-electron chi connectivity index (χ2n) is 4.08. The molecular weight excluding hydrogens is 346 g/mol. The molecule has 10 heteroatoms. The molecular formula is C11H10BrN5O4. The Kier molecular flexibility index (Phi) is 4.29. The minimum Gasteiger partial charge on any atom is -0.476 e. The molecule has 0 aliphatic rings. The summed E-state index contributed by atoms with van der Waals surface area (Å²) in [6, 6.07) is 4.58. The fourth-order valence-electron chi connectivity index (χ4n) is 1.83. The van der Waals surface area contributed by atoms with Crippen LogP contribution in [0.4, 0.5) is 5.69 Å². The van der Waals surface area contributed by atoms with Crippen molar-refractivity contribution in [3.63, 3.8) is 0 Å². The Hall–Kier alpha value is -2.33. The van der Waals surface area contributed by atoms with Crippen LogP contribution in [0.2, 0.25) is 0 Å². The lowest BCUT2D eigenvalue weighted by Gasteiger charge is -2.06. The van der Waals surface area contributed by atoms with Crippen molar-refractivity contribution in [2.75, 3.05) is 0 Å². The lowest BCUT2D eigenvalue weighted by Crippen LogP contribution is -2.13. The molecule has 0 bridgehead atoms. The number of hydrogen-bond donors (Lipinski definition) is 2. The largest absolute Gasteiger partial charge is 0.476 e. The van der Waals surface area contributed by atoms with Gasteiger partial charge < -0.3 is 10.8 Å². The van der Waals surface area contributed by atoms with Crippen LogP contribution in [-0.2, 0) is 13.1 Å². The number of aromatic nitrogens is 3. The van der Waals surface area contributed by atoms with Gasteiger partial charge in [-0.2, -0.15) is 0 Å². The smallest absolute Gasteiger partial charge is 0.358 e. The standard InChI is InChI=1S/C11H10BrN5O4/c12-7-2-1-6(8(3-7)17(20)21)5-16-9(4-13)10(11(18)19)14-15-16/h1-3H,4-5,13H2,(H,18,19). The minimum absolute atomic E-state index is 0.0103. The van der Waals surface area contributed by atoms with E-state index in [2.05, 4.69) is 26.2 Å². The zero-order valence-electron chi connectivity index (χ0n) is 10.6. The van der Waals surface area contributed by atoms with Crippen molar-refractivity contribution in [3.05, 3.63) is 49.7 Å². The molecule has 2 aromatic rings. The van der Waals surface area contributed by atoms with Gasteiger partial charge in [-0.05, 0) is 12.1 Å². The number of halogens is 1. The summed E-state index contributed by atoms with van der Waals surface area (Å²) in [6.07, 6.45) is 0. The van der Waals surface area contributed by atoms with Gasteiger partial charge in [0.25, 0.3) is 5.69 Å². The molecule has 0 saturated heterocycles. The Bertz CT molecular complexity index is 715. The van der Waals surface area contributed by atoms with Crippen LogP contribution >= 0.6 is 15.9 Å². The summed E-state index contributed by atoms with van der Waals surface area (Å²) in [5, 5.41) is 27.2. The molecule has 1 aromatic carbocycles. The van der Waals surface area contributed by atoms with E-state index in [0.717, 1.165) is 0 Å². The summed E-state index contributed by atoms with van der Waals surface area (Å²) in [5.41, 5.74) is 5.74. The van der Waals surface area contributed by atoms with Crippen LogP contribution in [0.25, 0.3) is 0 Å². The quantitative estimate of drug-likeness (QED) is 0.605. The highest BCUT2D eigenvalue weighted by molar-refractivity contribution is 9.10. The van der Waals surface area contributed by atoms with Crippen molar-refractivity contribution < 1.29 is 14.8 Å². The topological polar surface area (TPSA) is 137 Å². The van der Waals surface area contributed by atoms with Gasteiger partial charge in [0.15, 0.2) is 5.69 Å². The van der Waals surface area contributed by atoms with Crippen LogP contribution in [0.5, 0.6) is 0 Å². The Balaban J connectivity index is 2.43. The molecule has 0 unspecified atom stereocenters. The zero-order chi connectivity index (χ0) is 15.6. The fraction of sp³-hybridized carbons (Fsp3) is 0.182. The molecule has 0 aliphatic heterocycles. The predicted molar refractivity (Wildman–Crippen MR) is 74.8 cm³/mol. The molecule has 2 rings (SSSR count). The molecule has 1 aromatic heterocycles. The van der Waals surface area contributed by atoms with E-state index >= 15 is 0 Å². The molecule has 0 saturated carbocycles. The van der Waals surface area contributed by atoms with Gasteiger partial charge in [0.05, 0.1) is 22.7 Å². The number of nitrogens with two attached hydrogens (primary N) is 1. The van der Waals surface area contributed by atoms with Crippen molar-refractivity contribution in [2.24, 2.45) is 5.73 Å². The fourth-order valence-corrected chi connectivity index (χ4v) is 2.18. The van der Waals surface area contributed by atoms with Crippen LogP contribution < -0.4 is 5.73 Å². The Morgan fingerprint density at radius 1 is 1.52 bits per heavy atom. The number of nitro groups is 1. The Morgan fingerprint density at radius 3 is 2.81 bits per heavy atom. The molecule has 0 atom stereocenters. The molecule has 0 radical (unpaired) electrons. The second kappa shape index (κ2) is 5.97. The summed E-state index contributed by atoms with van der Waals surface area (Å²) < 4.78 is 1.82. The van der Waals surface area contributed by atoms with E-state index in [9.17, 15) is 14.9 Å². The number of nitrogens with zero attached hydrogens (tertiary/aromatic N) is 4. The first kappa shape index (κ1) is 15.1. The van der Waals surface area contributed by atoms with Gasteiger partial charge >= 0.3 is 5.97 Å². The maximum atomic E-state index is 11.1. The van der Waals surface area contributed by atoms with Crippen LogP contribution in [0.1, 0.15) is 21.7 Å². The maximum Gasteiger partial charge on any atom is 0.358 e. The minimum atomic E-state index is -1.24. The first-order valence-electron chi connectivity index (χ1n) is 5.72. The highest BCUT2D eigenvalue weighted by atomic mass is 79.9. The number of hydrogen-bond acceptors (Lipinski definition) is 6. The van der Waals surface area contributed by atoms with Crippen LogP contribution in [0.3, 0.4) is 0 Å². The van der Waals surface area contributed by atoms with Crippen molar-refractivity contribution in [1.82, 2.24) is 15.0 Å². The highest BCUT2D eigenvalue weighted by Gasteiger charge is 2.20. The molecule has 21 heavy (non-hydrogen) atoms. The summed E-state index contributed by atoms with van der Waals surface area (Å²) >= 11 is 3.16. The normalized spacial score (nSPS) is 10.6. The summed E-state index contributed by atoms with van der Waals surface area (Å²) in [4.78, 5) is 21.5. The first-order valence-corrected chi connectivity index (χ1v) is 6.52. The third kappa shape index (κ3) is 3.06. The van der Waals surface area contributed by atoms with E-state index < -0.39 is 10.9 Å². The molecule has 110 valence electrons. The first-order chi connectivity index (χ1) is 9.93. The van der Waals surface area contributed by atoms with Crippen molar-refractivity contribution in [3.8, 4) is 0 Å². The van der Waals surface area contributed by atoms with Gasteiger partial charge in [-0.1, -0.05) is 21.1 Å². The van der Waals surface area contributed by atoms with Gasteiger partial charge in [-0.3, -0.25) is 10.1 Å². The van der Waals surface area contributed by atoms with Gasteiger partial charge in [-0.15, -0.1) is 5.10 Å². The van der Waals surface area contributed by atoms with Gasteiger partial charge in [-0.25, -0.2) is 9.48 Å². The summed E-state index contributed by atoms with van der Waals surface area (Å²) in [7, 11) is 0. The van der Waals surface area contributed by atoms with E-state index in [1.807, 2.05) is 0 Å². The number of carboxylic acid groups (broad SMARTS) is 1. The second-order valence-corrected chi connectivity index (χ2v) is 5.00. The van der Waals surface area contributed by atoms with E-state index in [4.69, 9.17) is 10.8 Å². The maximum absolute atomic E-state index is 11.1. The molecule has 0 amide bonds. The average molecular weight is 356 g/mol. The van der Waals surface area contributed by atoms with Crippen molar-refractivity contribution in [1.29, 1.82) is 0 Å². The number of aromatic carboxylic acids is 1. The number of nitro benzene ring substituents is 1. The average Bonchev–Trinajstić information content (AvgIpc) is 2.83. The lowest BCUT2D eigenvalue weighted by atomic mass is 10.2. The Morgan fingerprint density at radius 2 is 2.24 bits per heavy atom. The van der Waals surface area contributed by atoms with Crippen molar-refractivity contribution >= 4 is 27.6 Å². The summed E-state index contributed by atoms with van der Waals surface area (Å²) in [6.45, 7) is -0.0740. The predicted octanol–water partition coefficient (Wildman–Crippen LogP) is 1.15. The monoisotopic (exact) mass is 355 g/mol. The van der Waals surface area contributed by atoms with Crippen LogP contribution in [0, 0.1) is 10.1 Å². The van der Waals surface area contributed by atoms with E-state index in [-0.39, 0.29) is 30.2 Å². The highest BCUT2D eigenvalue weighted by Crippen LogP contribution is 2.24. The van der Waals surface area contributed by atoms with Crippen LogP contribution in [-0.4, -0.2) is 31.0 Å². The molecule has 0 spiro atoms. The molecule has 0 aliphatic carbocycles. The number of rotatable bonds is 5. The van der Waals surface area contributed by atoms with E-state index in [1.165, 1.54) is 10.7 Å². The lowest BCUT2D eigenvalue weighted by molar-refractivity contribution is -0.385. The van der Waals surface area contributed by atoms with Crippen molar-refractivity contribution in [2.45, 2.75) is 13.1 Å². The molecule has 9 nitrogen and oxygen atoms in total. The molecule has 0 fully saturated rings. The van der Waals surface area contributed by atoms with Gasteiger partial charge in [0, 0.05) is 17.1 Å². The Labute approximate surface area is 126 Å². The van der Waals surface area contributed by atoms with Gasteiger partial charge in [0.2, 0.25) is 0 Å². The van der Waals surface area contributed by atoms with E-state index in [1.54, 1.807) is 12.1 Å². The zero-order valence-corrected chi connectivity index (χ0v) is 12.1. The van der Waals surface area contributed by atoms with Gasteiger partial charge in [0.1, 0.15) is 0 Å².